The lowest BCUT2D eigenvalue weighted by atomic mass is 9.98. The molecule has 0 atom stereocenters. The first-order valence-corrected chi connectivity index (χ1v) is 6.22. The molecule has 0 aliphatic heterocycles. The van der Waals surface area contributed by atoms with Gasteiger partial charge in [-0.05, 0) is 49.7 Å². The second kappa shape index (κ2) is 5.70. The number of Topliss-reactive ketones (excluding diaryl/α,β-unsaturated/α-hetero) is 1. The van der Waals surface area contributed by atoms with Crippen molar-refractivity contribution in [3.8, 4) is 11.5 Å². The maximum absolute atomic E-state index is 12.9. The van der Waals surface area contributed by atoms with Crippen molar-refractivity contribution in [3.63, 3.8) is 0 Å². The van der Waals surface area contributed by atoms with Crippen LogP contribution < -0.4 is 4.74 Å². The van der Waals surface area contributed by atoms with Crippen molar-refractivity contribution in [2.75, 3.05) is 0 Å². The minimum absolute atomic E-state index is 0.0966. The highest BCUT2D eigenvalue weighted by Crippen LogP contribution is 2.31. The summed E-state index contributed by atoms with van der Waals surface area (Å²) in [5.41, 5.74) is 2.04. The van der Waals surface area contributed by atoms with Crippen molar-refractivity contribution in [1.82, 2.24) is 0 Å². The second-order valence-corrected chi connectivity index (χ2v) is 4.57. The van der Waals surface area contributed by atoms with Gasteiger partial charge >= 0.3 is 0 Å². The highest BCUT2D eigenvalue weighted by atomic mass is 19.1. The van der Waals surface area contributed by atoms with E-state index >= 15 is 0 Å². The van der Waals surface area contributed by atoms with E-state index in [-0.39, 0.29) is 11.6 Å². The smallest absolute Gasteiger partial charge is 0.164 e. The summed E-state index contributed by atoms with van der Waals surface area (Å²) < 4.78 is 18.6. The zero-order chi connectivity index (χ0) is 14.7. The van der Waals surface area contributed by atoms with Gasteiger partial charge in [0.1, 0.15) is 17.3 Å². The number of carbonyl (C=O) groups excluding carboxylic acids is 1. The molecule has 0 unspecified atom stereocenters. The molecule has 2 aromatic carbocycles. The van der Waals surface area contributed by atoms with E-state index in [4.69, 9.17) is 4.74 Å². The van der Waals surface area contributed by atoms with Gasteiger partial charge in [-0.1, -0.05) is 24.3 Å². The molecular formula is C17H15FO2. The molecule has 20 heavy (non-hydrogen) atoms. The van der Waals surface area contributed by atoms with Gasteiger partial charge in [-0.25, -0.2) is 4.39 Å². The third-order valence-electron chi connectivity index (χ3n) is 2.88. The fourth-order valence-corrected chi connectivity index (χ4v) is 1.96. The number of halogens is 1. The van der Waals surface area contributed by atoms with Crippen LogP contribution in [0.25, 0.3) is 5.57 Å². The summed E-state index contributed by atoms with van der Waals surface area (Å²) in [6.07, 6.45) is 0. The van der Waals surface area contributed by atoms with Crippen molar-refractivity contribution in [2.24, 2.45) is 0 Å². The lowest BCUT2D eigenvalue weighted by molar-refractivity contribution is 0.101. The Hall–Kier alpha value is -2.42. The predicted octanol–water partition coefficient (Wildman–Crippen LogP) is 4.85. The van der Waals surface area contributed by atoms with Gasteiger partial charge in [0.2, 0.25) is 0 Å². The van der Waals surface area contributed by atoms with Gasteiger partial charge in [-0.15, -0.1) is 0 Å². The van der Waals surface area contributed by atoms with Crippen LogP contribution in [0, 0.1) is 5.82 Å². The predicted molar refractivity (Wildman–Crippen MR) is 77.6 cm³/mol. The van der Waals surface area contributed by atoms with Gasteiger partial charge in [0.25, 0.3) is 0 Å². The number of rotatable bonds is 4. The molecule has 0 amide bonds. The molecular weight excluding hydrogens is 255 g/mol. The Bertz CT molecular complexity index is 657. The molecule has 102 valence electrons. The second-order valence-electron chi connectivity index (χ2n) is 4.57. The molecule has 0 saturated heterocycles. The van der Waals surface area contributed by atoms with Crippen molar-refractivity contribution in [3.05, 3.63) is 66.0 Å². The molecule has 0 fully saturated rings. The first kappa shape index (κ1) is 14.0. The minimum atomic E-state index is -0.333. The van der Waals surface area contributed by atoms with Gasteiger partial charge in [0.05, 0.1) is 5.56 Å². The molecule has 2 aromatic rings. The van der Waals surface area contributed by atoms with E-state index in [2.05, 4.69) is 6.58 Å². The standard InChI is InChI=1S/C17H15FO2/c1-11(2)15-5-4-6-16(17(15)12(3)19)20-14-9-7-13(18)8-10-14/h4-10H,1H2,2-3H3. The normalized spacial score (nSPS) is 10.2. The third kappa shape index (κ3) is 2.94. The fraction of sp³-hybridized carbons (Fsp3) is 0.118. The topological polar surface area (TPSA) is 26.3 Å². The van der Waals surface area contributed by atoms with Gasteiger partial charge in [0.15, 0.2) is 5.78 Å². The fourth-order valence-electron chi connectivity index (χ4n) is 1.96. The molecule has 0 aromatic heterocycles. The molecule has 0 bridgehead atoms. The molecule has 0 radical (unpaired) electrons. The van der Waals surface area contributed by atoms with E-state index in [0.717, 1.165) is 11.1 Å². The average Bonchev–Trinajstić information content (AvgIpc) is 2.40. The number of hydrogen-bond acceptors (Lipinski definition) is 2. The Morgan fingerprint density at radius 2 is 1.75 bits per heavy atom. The maximum Gasteiger partial charge on any atom is 0.164 e. The maximum atomic E-state index is 12.9. The summed E-state index contributed by atoms with van der Waals surface area (Å²) in [4.78, 5) is 11.9. The summed E-state index contributed by atoms with van der Waals surface area (Å²) in [5, 5.41) is 0. The van der Waals surface area contributed by atoms with Crippen molar-refractivity contribution in [1.29, 1.82) is 0 Å². The Morgan fingerprint density at radius 1 is 1.10 bits per heavy atom. The van der Waals surface area contributed by atoms with Gasteiger partial charge in [0, 0.05) is 0 Å². The zero-order valence-corrected chi connectivity index (χ0v) is 11.4. The van der Waals surface area contributed by atoms with Crippen LogP contribution in [0.15, 0.2) is 49.0 Å². The summed E-state index contributed by atoms with van der Waals surface area (Å²) in [7, 11) is 0. The Labute approximate surface area is 117 Å². The number of benzene rings is 2. The Balaban J connectivity index is 2.46. The molecule has 0 saturated carbocycles. The number of ketones is 1. The van der Waals surface area contributed by atoms with Crippen LogP contribution in [0.5, 0.6) is 11.5 Å². The monoisotopic (exact) mass is 270 g/mol. The van der Waals surface area contributed by atoms with E-state index in [0.29, 0.717) is 17.1 Å². The number of ether oxygens (including phenoxy) is 1. The molecule has 3 heteroatoms. The number of hydrogen-bond donors (Lipinski definition) is 0. The lowest BCUT2D eigenvalue weighted by Gasteiger charge is -2.13. The van der Waals surface area contributed by atoms with Crippen LogP contribution in [-0.4, -0.2) is 5.78 Å². The van der Waals surface area contributed by atoms with Crippen molar-refractivity contribution < 1.29 is 13.9 Å². The summed E-state index contributed by atoms with van der Waals surface area (Å²) >= 11 is 0. The van der Waals surface area contributed by atoms with Gasteiger partial charge in [-0.3, -0.25) is 4.79 Å². The molecule has 0 aliphatic rings. The first-order valence-electron chi connectivity index (χ1n) is 6.22. The van der Waals surface area contributed by atoms with E-state index in [1.807, 2.05) is 13.0 Å². The largest absolute Gasteiger partial charge is 0.457 e. The van der Waals surface area contributed by atoms with Crippen LogP contribution in [0.3, 0.4) is 0 Å². The van der Waals surface area contributed by atoms with Gasteiger partial charge < -0.3 is 4.74 Å². The average molecular weight is 270 g/mol. The van der Waals surface area contributed by atoms with E-state index in [1.54, 1.807) is 12.1 Å². The van der Waals surface area contributed by atoms with Crippen molar-refractivity contribution >= 4 is 11.4 Å². The first-order chi connectivity index (χ1) is 9.49. The molecule has 0 aliphatic carbocycles. The van der Waals surface area contributed by atoms with Gasteiger partial charge in [-0.2, -0.15) is 0 Å². The van der Waals surface area contributed by atoms with Crippen molar-refractivity contribution in [2.45, 2.75) is 13.8 Å². The lowest BCUT2D eigenvalue weighted by Crippen LogP contribution is -2.01. The zero-order valence-electron chi connectivity index (χ0n) is 11.4. The minimum Gasteiger partial charge on any atom is -0.457 e. The molecule has 0 N–H and O–H groups in total. The van der Waals surface area contributed by atoms with Crippen LogP contribution in [0.4, 0.5) is 4.39 Å². The van der Waals surface area contributed by atoms with Crippen LogP contribution >= 0.6 is 0 Å². The summed E-state index contributed by atoms with van der Waals surface area (Å²) in [6.45, 7) is 7.19. The number of allylic oxidation sites excluding steroid dienone is 1. The van der Waals surface area contributed by atoms with E-state index in [1.165, 1.54) is 31.2 Å². The third-order valence-corrected chi connectivity index (χ3v) is 2.88. The Kier molecular flexibility index (Phi) is 3.99. The van der Waals surface area contributed by atoms with E-state index in [9.17, 15) is 9.18 Å². The van der Waals surface area contributed by atoms with Crippen LogP contribution in [-0.2, 0) is 0 Å². The summed E-state index contributed by atoms with van der Waals surface area (Å²) in [5.74, 6) is 0.498. The van der Waals surface area contributed by atoms with Crippen LogP contribution in [0.1, 0.15) is 29.8 Å². The molecule has 2 rings (SSSR count). The molecule has 0 heterocycles. The SMILES string of the molecule is C=C(C)c1cccc(Oc2ccc(F)cc2)c1C(C)=O. The van der Waals surface area contributed by atoms with Crippen LogP contribution in [0.2, 0.25) is 0 Å². The number of carbonyl (C=O) groups is 1. The highest BCUT2D eigenvalue weighted by molar-refractivity contribution is 6.01. The molecule has 2 nitrogen and oxygen atoms in total. The quantitative estimate of drug-likeness (QED) is 0.742. The van der Waals surface area contributed by atoms with E-state index < -0.39 is 0 Å². The molecule has 0 spiro atoms. The highest BCUT2D eigenvalue weighted by Gasteiger charge is 2.15. The summed E-state index contributed by atoms with van der Waals surface area (Å²) in [6, 6.07) is 11.0. The Morgan fingerprint density at radius 3 is 2.30 bits per heavy atom.